The molecule has 86 valence electrons. The quantitative estimate of drug-likeness (QED) is 0.650. The minimum absolute atomic E-state index is 0.0752. The number of nitrogens with two attached hydrogens (primary N) is 2. The number of hydrogen-bond acceptors (Lipinski definition) is 3. The minimum Gasteiger partial charge on any atom is -0.369 e. The van der Waals surface area contributed by atoms with E-state index in [-0.39, 0.29) is 23.7 Å². The van der Waals surface area contributed by atoms with Gasteiger partial charge in [0.05, 0.1) is 12.0 Å². The third-order valence-corrected chi connectivity index (χ3v) is 2.91. The fourth-order valence-electron chi connectivity index (χ4n) is 1.69. The SMILES string of the molecule is CC(C)C(N)C(=O)N1CCC(C(N)=O)C1. The lowest BCUT2D eigenvalue weighted by atomic mass is 10.0. The fraction of sp³-hybridized carbons (Fsp3) is 0.800. The van der Waals surface area contributed by atoms with Gasteiger partial charge in [0, 0.05) is 13.1 Å². The summed E-state index contributed by atoms with van der Waals surface area (Å²) >= 11 is 0. The molecule has 0 aromatic rings. The van der Waals surface area contributed by atoms with Crippen LogP contribution < -0.4 is 11.5 Å². The predicted molar refractivity (Wildman–Crippen MR) is 56.7 cm³/mol. The second kappa shape index (κ2) is 4.61. The molecule has 2 unspecified atom stereocenters. The second-order valence-corrected chi connectivity index (χ2v) is 4.44. The van der Waals surface area contributed by atoms with E-state index in [0.717, 1.165) is 0 Å². The molecule has 2 amide bonds. The molecule has 0 aromatic heterocycles. The molecule has 0 saturated carbocycles. The van der Waals surface area contributed by atoms with Crippen LogP contribution in [0.5, 0.6) is 0 Å². The normalized spacial score (nSPS) is 23.2. The van der Waals surface area contributed by atoms with Crippen molar-refractivity contribution in [2.24, 2.45) is 23.3 Å². The summed E-state index contributed by atoms with van der Waals surface area (Å²) in [4.78, 5) is 24.4. The number of likely N-dealkylation sites (tertiary alicyclic amines) is 1. The molecule has 5 heteroatoms. The summed E-state index contributed by atoms with van der Waals surface area (Å²) in [6, 6.07) is -0.475. The van der Waals surface area contributed by atoms with E-state index in [0.29, 0.717) is 19.5 Å². The van der Waals surface area contributed by atoms with E-state index in [1.165, 1.54) is 0 Å². The topological polar surface area (TPSA) is 89.4 Å². The molecule has 0 radical (unpaired) electrons. The highest BCUT2D eigenvalue weighted by molar-refractivity contribution is 5.84. The van der Waals surface area contributed by atoms with E-state index < -0.39 is 6.04 Å². The first-order valence-electron chi connectivity index (χ1n) is 5.27. The van der Waals surface area contributed by atoms with Crippen LogP contribution in [0.3, 0.4) is 0 Å². The second-order valence-electron chi connectivity index (χ2n) is 4.44. The Morgan fingerprint density at radius 2 is 2.00 bits per heavy atom. The number of rotatable bonds is 3. The summed E-state index contributed by atoms with van der Waals surface area (Å²) in [5.41, 5.74) is 10.9. The highest BCUT2D eigenvalue weighted by Crippen LogP contribution is 2.17. The van der Waals surface area contributed by atoms with Gasteiger partial charge >= 0.3 is 0 Å². The van der Waals surface area contributed by atoms with Crippen LogP contribution in [0.15, 0.2) is 0 Å². The average Bonchev–Trinajstić information content (AvgIpc) is 2.64. The van der Waals surface area contributed by atoms with Crippen molar-refractivity contribution < 1.29 is 9.59 Å². The van der Waals surface area contributed by atoms with Crippen molar-refractivity contribution in [3.05, 3.63) is 0 Å². The highest BCUT2D eigenvalue weighted by atomic mass is 16.2. The van der Waals surface area contributed by atoms with Crippen molar-refractivity contribution in [1.29, 1.82) is 0 Å². The van der Waals surface area contributed by atoms with E-state index in [1.54, 1.807) is 4.90 Å². The zero-order chi connectivity index (χ0) is 11.6. The highest BCUT2D eigenvalue weighted by Gasteiger charge is 2.32. The van der Waals surface area contributed by atoms with Crippen molar-refractivity contribution in [2.45, 2.75) is 26.3 Å². The number of amides is 2. The largest absolute Gasteiger partial charge is 0.369 e. The van der Waals surface area contributed by atoms with Gasteiger partial charge in [0.1, 0.15) is 0 Å². The molecular weight excluding hydrogens is 194 g/mol. The van der Waals surface area contributed by atoms with Crippen LogP contribution >= 0.6 is 0 Å². The van der Waals surface area contributed by atoms with Crippen LogP contribution in [0.1, 0.15) is 20.3 Å². The molecule has 4 N–H and O–H groups in total. The summed E-state index contributed by atoms with van der Waals surface area (Å²) in [5.74, 6) is -0.490. The van der Waals surface area contributed by atoms with E-state index in [1.807, 2.05) is 13.8 Å². The first-order valence-corrected chi connectivity index (χ1v) is 5.27. The predicted octanol–water partition coefficient (Wildman–Crippen LogP) is -0.696. The maximum Gasteiger partial charge on any atom is 0.239 e. The number of carbonyl (C=O) groups excluding carboxylic acids is 2. The lowest BCUT2D eigenvalue weighted by molar-refractivity contribution is -0.132. The first-order chi connectivity index (χ1) is 6.93. The number of hydrogen-bond donors (Lipinski definition) is 2. The van der Waals surface area contributed by atoms with Gasteiger partial charge in [0.2, 0.25) is 11.8 Å². The van der Waals surface area contributed by atoms with Gasteiger partial charge in [0.25, 0.3) is 0 Å². The van der Waals surface area contributed by atoms with Crippen LogP contribution in [0.2, 0.25) is 0 Å². The lowest BCUT2D eigenvalue weighted by Gasteiger charge is -2.22. The van der Waals surface area contributed by atoms with E-state index in [9.17, 15) is 9.59 Å². The average molecular weight is 213 g/mol. The maximum absolute atomic E-state index is 11.8. The molecule has 0 aromatic carbocycles. The van der Waals surface area contributed by atoms with Gasteiger partial charge in [-0.2, -0.15) is 0 Å². The summed E-state index contributed by atoms with van der Waals surface area (Å²) in [5, 5.41) is 0. The van der Waals surface area contributed by atoms with Crippen molar-refractivity contribution in [1.82, 2.24) is 4.90 Å². The lowest BCUT2D eigenvalue weighted by Crippen LogP contribution is -2.46. The van der Waals surface area contributed by atoms with E-state index in [2.05, 4.69) is 0 Å². The van der Waals surface area contributed by atoms with Crippen molar-refractivity contribution in [3.63, 3.8) is 0 Å². The number of nitrogens with zero attached hydrogens (tertiary/aromatic N) is 1. The molecule has 5 nitrogen and oxygen atoms in total. The smallest absolute Gasteiger partial charge is 0.239 e. The molecular formula is C10H19N3O2. The Balaban J connectivity index is 2.54. The van der Waals surface area contributed by atoms with Gasteiger partial charge in [-0.25, -0.2) is 0 Å². The van der Waals surface area contributed by atoms with Crippen molar-refractivity contribution in [2.75, 3.05) is 13.1 Å². The molecule has 0 aliphatic carbocycles. The monoisotopic (exact) mass is 213 g/mol. The zero-order valence-electron chi connectivity index (χ0n) is 9.27. The van der Waals surface area contributed by atoms with Gasteiger partial charge in [-0.1, -0.05) is 13.8 Å². The van der Waals surface area contributed by atoms with Gasteiger partial charge in [-0.15, -0.1) is 0 Å². The standard InChI is InChI=1S/C10H19N3O2/c1-6(2)8(11)10(15)13-4-3-7(5-13)9(12)14/h6-8H,3-5,11H2,1-2H3,(H2,12,14). The minimum atomic E-state index is -0.475. The van der Waals surface area contributed by atoms with Crippen molar-refractivity contribution >= 4 is 11.8 Å². The molecule has 2 atom stereocenters. The Bertz CT molecular complexity index is 265. The Labute approximate surface area is 89.8 Å². The van der Waals surface area contributed by atoms with E-state index in [4.69, 9.17) is 11.5 Å². The molecule has 0 spiro atoms. The Hall–Kier alpha value is -1.10. The molecule has 1 aliphatic heterocycles. The molecule has 1 saturated heterocycles. The molecule has 1 rings (SSSR count). The van der Waals surface area contributed by atoms with Crippen LogP contribution in [-0.2, 0) is 9.59 Å². The molecule has 1 aliphatic rings. The van der Waals surface area contributed by atoms with Crippen LogP contribution in [-0.4, -0.2) is 35.8 Å². The summed E-state index contributed by atoms with van der Waals surface area (Å²) in [6.07, 6.45) is 0.659. The molecule has 0 bridgehead atoms. The van der Waals surface area contributed by atoms with Gasteiger partial charge < -0.3 is 16.4 Å². The van der Waals surface area contributed by atoms with Crippen LogP contribution in [0.25, 0.3) is 0 Å². The van der Waals surface area contributed by atoms with Crippen LogP contribution in [0.4, 0.5) is 0 Å². The van der Waals surface area contributed by atoms with Crippen LogP contribution in [0, 0.1) is 11.8 Å². The third kappa shape index (κ3) is 2.68. The summed E-state index contributed by atoms with van der Waals surface area (Å²) < 4.78 is 0. The number of primary amides is 1. The molecule has 1 fully saturated rings. The third-order valence-electron chi connectivity index (χ3n) is 2.91. The molecule has 15 heavy (non-hydrogen) atoms. The summed E-state index contributed by atoms with van der Waals surface area (Å²) in [6.45, 7) is 4.83. The Morgan fingerprint density at radius 1 is 1.40 bits per heavy atom. The summed E-state index contributed by atoms with van der Waals surface area (Å²) in [7, 11) is 0. The Kier molecular flexibility index (Phi) is 3.68. The van der Waals surface area contributed by atoms with Gasteiger partial charge in [0.15, 0.2) is 0 Å². The zero-order valence-corrected chi connectivity index (χ0v) is 9.27. The maximum atomic E-state index is 11.8. The van der Waals surface area contributed by atoms with Gasteiger partial charge in [-0.3, -0.25) is 9.59 Å². The number of carbonyl (C=O) groups is 2. The van der Waals surface area contributed by atoms with Crippen molar-refractivity contribution in [3.8, 4) is 0 Å². The fourth-order valence-corrected chi connectivity index (χ4v) is 1.69. The van der Waals surface area contributed by atoms with Gasteiger partial charge in [-0.05, 0) is 12.3 Å². The first kappa shape index (κ1) is 12.0. The Morgan fingerprint density at radius 3 is 2.40 bits per heavy atom. The molecule has 1 heterocycles. The van der Waals surface area contributed by atoms with E-state index >= 15 is 0 Å².